The van der Waals surface area contributed by atoms with Crippen LogP contribution in [0.25, 0.3) is 0 Å². The van der Waals surface area contributed by atoms with Gasteiger partial charge in [0, 0.05) is 19.8 Å². The summed E-state index contributed by atoms with van der Waals surface area (Å²) in [7, 11) is -0.601. The van der Waals surface area contributed by atoms with Crippen molar-refractivity contribution in [2.75, 3.05) is 18.8 Å². The summed E-state index contributed by atoms with van der Waals surface area (Å²) in [6.07, 6.45) is 0. The number of carbonyl (C=O) groups excluding carboxylic acids is 1. The number of thiophene rings is 1. The molecule has 0 aliphatic carbocycles. The van der Waals surface area contributed by atoms with Gasteiger partial charge in [0.1, 0.15) is 9.77 Å². The molecule has 0 spiro atoms. The zero-order valence-electron chi connectivity index (χ0n) is 12.0. The number of rotatable bonds is 4. The van der Waals surface area contributed by atoms with Gasteiger partial charge in [-0.3, -0.25) is 9.52 Å². The normalized spacial score (nSPS) is 11.2. The van der Waals surface area contributed by atoms with E-state index in [0.717, 1.165) is 16.9 Å². The molecule has 0 aliphatic rings. The number of anilines is 1. The minimum atomic E-state index is -3.78. The molecule has 5 nitrogen and oxygen atoms in total. The second kappa shape index (κ2) is 5.87. The van der Waals surface area contributed by atoms with Gasteiger partial charge in [-0.25, -0.2) is 8.42 Å². The molecule has 2 aromatic rings. The van der Waals surface area contributed by atoms with E-state index < -0.39 is 10.0 Å². The molecule has 0 atom stereocenters. The number of hydrogen-bond acceptors (Lipinski definition) is 4. The van der Waals surface area contributed by atoms with Crippen molar-refractivity contribution in [3.05, 3.63) is 46.2 Å². The summed E-state index contributed by atoms with van der Waals surface area (Å²) >= 11 is 1.12. The number of nitrogens with zero attached hydrogens (tertiary/aromatic N) is 1. The van der Waals surface area contributed by atoms with E-state index in [4.69, 9.17) is 0 Å². The third kappa shape index (κ3) is 3.43. The molecule has 1 heterocycles. The topological polar surface area (TPSA) is 66.5 Å². The maximum atomic E-state index is 12.4. The molecule has 1 aromatic heterocycles. The molecule has 0 saturated carbocycles. The molecule has 21 heavy (non-hydrogen) atoms. The molecule has 112 valence electrons. The Morgan fingerprint density at radius 3 is 2.33 bits per heavy atom. The highest BCUT2D eigenvalue weighted by atomic mass is 32.2. The van der Waals surface area contributed by atoms with Crippen LogP contribution in [-0.4, -0.2) is 33.3 Å². The lowest BCUT2D eigenvalue weighted by atomic mass is 10.2. The summed E-state index contributed by atoms with van der Waals surface area (Å²) in [6.45, 7) is 1.92. The molecule has 7 heteroatoms. The number of aryl methyl sites for hydroxylation is 1. The number of nitrogens with one attached hydrogen (secondary N) is 1. The predicted octanol–water partition coefficient (Wildman–Crippen LogP) is 2.56. The van der Waals surface area contributed by atoms with Crippen LogP contribution in [0.4, 0.5) is 5.69 Å². The van der Waals surface area contributed by atoms with Crippen molar-refractivity contribution in [2.45, 2.75) is 11.8 Å². The fourth-order valence-electron chi connectivity index (χ4n) is 1.70. The molecule has 0 bridgehead atoms. The first-order chi connectivity index (χ1) is 9.81. The van der Waals surface area contributed by atoms with Crippen molar-refractivity contribution < 1.29 is 13.2 Å². The monoisotopic (exact) mass is 324 g/mol. The number of benzene rings is 1. The largest absolute Gasteiger partial charge is 0.344 e. The lowest BCUT2D eigenvalue weighted by Crippen LogP contribution is -2.23. The van der Waals surface area contributed by atoms with Gasteiger partial charge in [0.2, 0.25) is 0 Å². The first-order valence-corrected chi connectivity index (χ1v) is 8.56. The second-order valence-electron chi connectivity index (χ2n) is 4.79. The van der Waals surface area contributed by atoms with Gasteiger partial charge in [-0.15, -0.1) is 11.3 Å². The first-order valence-electron chi connectivity index (χ1n) is 6.20. The molecule has 0 aliphatic heterocycles. The van der Waals surface area contributed by atoms with Crippen LogP contribution in [0.15, 0.2) is 40.6 Å². The summed E-state index contributed by atoms with van der Waals surface area (Å²) in [6, 6.07) is 8.45. The SMILES string of the molecule is Cc1ccc(NS(=O)(=O)c2ccsc2C(=O)N(C)C)cc1. The average molecular weight is 324 g/mol. The van der Waals surface area contributed by atoms with E-state index in [-0.39, 0.29) is 15.7 Å². The Balaban J connectivity index is 2.35. The van der Waals surface area contributed by atoms with Crippen LogP contribution < -0.4 is 4.72 Å². The highest BCUT2D eigenvalue weighted by Gasteiger charge is 2.25. The summed E-state index contributed by atoms with van der Waals surface area (Å²) in [5.74, 6) is -0.325. The number of hydrogen-bond donors (Lipinski definition) is 1. The first kappa shape index (κ1) is 15.5. The number of carbonyl (C=O) groups is 1. The van der Waals surface area contributed by atoms with Gasteiger partial charge < -0.3 is 4.90 Å². The Labute approximate surface area is 128 Å². The third-order valence-electron chi connectivity index (χ3n) is 2.82. The van der Waals surface area contributed by atoms with Gasteiger partial charge in [0.25, 0.3) is 15.9 Å². The summed E-state index contributed by atoms with van der Waals surface area (Å²) in [5, 5.41) is 1.60. The summed E-state index contributed by atoms with van der Waals surface area (Å²) in [5.41, 5.74) is 1.51. The Kier molecular flexibility index (Phi) is 4.34. The van der Waals surface area contributed by atoms with Crippen LogP contribution in [0.2, 0.25) is 0 Å². The average Bonchev–Trinajstić information content (AvgIpc) is 2.90. The summed E-state index contributed by atoms with van der Waals surface area (Å²) in [4.78, 5) is 13.6. The Hall–Kier alpha value is -1.86. The Bertz CT molecular complexity index is 747. The number of amides is 1. The number of sulfonamides is 1. The smallest absolute Gasteiger partial charge is 0.264 e. The Morgan fingerprint density at radius 2 is 1.76 bits per heavy atom. The zero-order chi connectivity index (χ0) is 15.6. The highest BCUT2D eigenvalue weighted by Crippen LogP contribution is 2.25. The zero-order valence-corrected chi connectivity index (χ0v) is 13.6. The van der Waals surface area contributed by atoms with E-state index in [1.54, 1.807) is 31.6 Å². The molecule has 0 radical (unpaired) electrons. The third-order valence-corrected chi connectivity index (χ3v) is 5.28. The van der Waals surface area contributed by atoms with Crippen LogP contribution in [0.1, 0.15) is 15.2 Å². The van der Waals surface area contributed by atoms with Crippen molar-refractivity contribution in [3.8, 4) is 0 Å². The molecule has 1 amide bonds. The summed E-state index contributed by atoms with van der Waals surface area (Å²) < 4.78 is 27.3. The highest BCUT2D eigenvalue weighted by molar-refractivity contribution is 7.93. The van der Waals surface area contributed by atoms with Crippen molar-refractivity contribution >= 4 is 33.0 Å². The minimum absolute atomic E-state index is 0.00627. The van der Waals surface area contributed by atoms with Gasteiger partial charge in [-0.05, 0) is 30.5 Å². The molecule has 1 N–H and O–H groups in total. The van der Waals surface area contributed by atoms with E-state index in [2.05, 4.69) is 4.72 Å². The van der Waals surface area contributed by atoms with Crippen molar-refractivity contribution in [1.29, 1.82) is 0 Å². The molecule has 0 saturated heterocycles. The van der Waals surface area contributed by atoms with Crippen LogP contribution >= 0.6 is 11.3 Å². The van der Waals surface area contributed by atoms with E-state index in [1.165, 1.54) is 11.0 Å². The Morgan fingerprint density at radius 1 is 1.14 bits per heavy atom. The maximum Gasteiger partial charge on any atom is 0.264 e. The van der Waals surface area contributed by atoms with E-state index in [9.17, 15) is 13.2 Å². The fraction of sp³-hybridized carbons (Fsp3) is 0.214. The molecular formula is C14H16N2O3S2. The van der Waals surface area contributed by atoms with Crippen LogP contribution in [0, 0.1) is 6.92 Å². The maximum absolute atomic E-state index is 12.4. The van der Waals surface area contributed by atoms with Crippen molar-refractivity contribution in [2.24, 2.45) is 0 Å². The predicted molar refractivity (Wildman–Crippen MR) is 84.3 cm³/mol. The van der Waals surface area contributed by atoms with Crippen molar-refractivity contribution in [1.82, 2.24) is 4.90 Å². The fourth-order valence-corrected chi connectivity index (χ4v) is 4.20. The van der Waals surface area contributed by atoms with Gasteiger partial charge in [-0.2, -0.15) is 0 Å². The quantitative estimate of drug-likeness (QED) is 0.940. The van der Waals surface area contributed by atoms with Gasteiger partial charge >= 0.3 is 0 Å². The lowest BCUT2D eigenvalue weighted by Gasteiger charge is -2.12. The molecular weight excluding hydrogens is 308 g/mol. The molecule has 0 unspecified atom stereocenters. The molecule has 2 rings (SSSR count). The second-order valence-corrected chi connectivity index (χ2v) is 7.35. The van der Waals surface area contributed by atoms with E-state index >= 15 is 0 Å². The van der Waals surface area contributed by atoms with Gasteiger partial charge in [0.15, 0.2) is 0 Å². The van der Waals surface area contributed by atoms with Crippen LogP contribution in [0.5, 0.6) is 0 Å². The minimum Gasteiger partial charge on any atom is -0.344 e. The van der Waals surface area contributed by atoms with Crippen molar-refractivity contribution in [3.63, 3.8) is 0 Å². The van der Waals surface area contributed by atoms with Gasteiger partial charge in [-0.1, -0.05) is 17.7 Å². The molecule has 0 fully saturated rings. The molecule has 1 aromatic carbocycles. The van der Waals surface area contributed by atoms with Crippen LogP contribution in [-0.2, 0) is 10.0 Å². The lowest BCUT2D eigenvalue weighted by molar-refractivity contribution is 0.0829. The standard InChI is InChI=1S/C14H16N2O3S2/c1-10-4-6-11(7-5-10)15-21(18,19)12-8-9-20-13(12)14(17)16(2)3/h4-9,15H,1-3H3. The van der Waals surface area contributed by atoms with Crippen LogP contribution in [0.3, 0.4) is 0 Å². The van der Waals surface area contributed by atoms with E-state index in [0.29, 0.717) is 5.69 Å². The van der Waals surface area contributed by atoms with Gasteiger partial charge in [0.05, 0.1) is 0 Å². The van der Waals surface area contributed by atoms with E-state index in [1.807, 2.05) is 19.1 Å².